The van der Waals surface area contributed by atoms with E-state index in [-0.39, 0.29) is 11.3 Å². The molecule has 0 radical (unpaired) electrons. The first-order valence-electron chi connectivity index (χ1n) is 7.54. The Morgan fingerprint density at radius 3 is 2.62 bits per heavy atom. The van der Waals surface area contributed by atoms with Crippen LogP contribution in [0.2, 0.25) is 0 Å². The van der Waals surface area contributed by atoms with E-state index in [2.05, 4.69) is 33.1 Å². The minimum atomic E-state index is -0.527. The third-order valence-corrected chi connectivity index (χ3v) is 4.06. The number of benzene rings is 2. The average Bonchev–Trinajstić information content (AvgIpc) is 2.63. The number of ether oxygens (including phenoxy) is 2. The molecule has 0 unspecified atom stereocenters. The van der Waals surface area contributed by atoms with E-state index >= 15 is 0 Å². The summed E-state index contributed by atoms with van der Waals surface area (Å²) < 4.78 is 11.7. The minimum absolute atomic E-state index is 0.0823. The Morgan fingerprint density at radius 2 is 2.04 bits per heavy atom. The Kier molecular flexibility index (Phi) is 6.89. The largest absolute Gasteiger partial charge is 0.493 e. The molecule has 0 heterocycles. The molecule has 9 heteroatoms. The van der Waals surface area contributed by atoms with E-state index in [4.69, 9.17) is 9.47 Å². The Hall–Kier alpha value is -2.69. The van der Waals surface area contributed by atoms with Crippen molar-refractivity contribution in [2.24, 2.45) is 5.10 Å². The molecule has 8 nitrogen and oxygen atoms in total. The van der Waals surface area contributed by atoms with Crippen LogP contribution in [-0.2, 0) is 0 Å². The number of nitrogens with zero attached hydrogens (tertiary/aromatic N) is 2. The number of hydrogen-bond acceptors (Lipinski definition) is 6. The van der Waals surface area contributed by atoms with Crippen LogP contribution in [0.3, 0.4) is 0 Å². The van der Waals surface area contributed by atoms with Crippen molar-refractivity contribution in [3.8, 4) is 11.5 Å². The first kappa shape index (κ1) is 19.6. The first-order chi connectivity index (χ1) is 12.5. The summed E-state index contributed by atoms with van der Waals surface area (Å²) in [5.74, 6) is 0.758. The maximum Gasteiger partial charge on any atom is 0.271 e. The molecule has 136 valence electrons. The highest BCUT2D eigenvalue weighted by Gasteiger charge is 2.11. The lowest BCUT2D eigenvalue weighted by molar-refractivity contribution is -0.384. The fraction of sp³-hybridized carbons (Fsp3) is 0.176. The normalized spacial score (nSPS) is 10.6. The molecule has 2 aromatic rings. The number of carbonyl (C=O) groups is 1. The van der Waals surface area contributed by atoms with E-state index in [1.807, 2.05) is 13.0 Å². The van der Waals surface area contributed by atoms with Gasteiger partial charge in [0.15, 0.2) is 11.5 Å². The lowest BCUT2D eigenvalue weighted by atomic mass is 10.2. The van der Waals surface area contributed by atoms with Gasteiger partial charge in [-0.15, -0.1) is 0 Å². The highest BCUT2D eigenvalue weighted by atomic mass is 127. The van der Waals surface area contributed by atoms with Crippen LogP contribution in [0.25, 0.3) is 0 Å². The molecule has 0 bridgehead atoms. The SMILES string of the molecule is CCOc1c(I)cc(/C=N\NC(=O)c2ccc([N+](=O)[O-])cc2)cc1OC. The molecular formula is C17H16IN3O5. The fourth-order valence-electron chi connectivity index (χ4n) is 2.06. The number of non-ortho nitro benzene ring substituents is 1. The third kappa shape index (κ3) is 4.91. The van der Waals surface area contributed by atoms with E-state index in [1.165, 1.54) is 30.5 Å². The Bertz CT molecular complexity index is 837. The molecule has 2 aromatic carbocycles. The van der Waals surface area contributed by atoms with E-state index in [0.717, 1.165) is 9.13 Å². The van der Waals surface area contributed by atoms with Gasteiger partial charge in [0.05, 0.1) is 28.4 Å². The molecule has 26 heavy (non-hydrogen) atoms. The molecule has 0 aliphatic heterocycles. The molecule has 0 saturated heterocycles. The number of hydrogen-bond donors (Lipinski definition) is 1. The molecule has 0 atom stereocenters. The van der Waals surface area contributed by atoms with Crippen molar-refractivity contribution in [1.82, 2.24) is 5.43 Å². The second kappa shape index (κ2) is 9.13. The molecule has 0 fully saturated rings. The molecule has 0 aliphatic rings. The van der Waals surface area contributed by atoms with Crippen LogP contribution < -0.4 is 14.9 Å². The zero-order chi connectivity index (χ0) is 19.1. The first-order valence-corrected chi connectivity index (χ1v) is 8.62. The Labute approximate surface area is 163 Å². The van der Waals surface area contributed by atoms with Gasteiger partial charge in [0, 0.05) is 17.7 Å². The van der Waals surface area contributed by atoms with Gasteiger partial charge in [-0.3, -0.25) is 14.9 Å². The van der Waals surface area contributed by atoms with Crippen LogP contribution in [0, 0.1) is 13.7 Å². The van der Waals surface area contributed by atoms with Crippen LogP contribution in [-0.4, -0.2) is 30.8 Å². The Balaban J connectivity index is 2.08. The summed E-state index contributed by atoms with van der Waals surface area (Å²) in [5, 5.41) is 14.5. The minimum Gasteiger partial charge on any atom is -0.493 e. The monoisotopic (exact) mass is 469 g/mol. The van der Waals surface area contributed by atoms with Gasteiger partial charge in [-0.05, 0) is 59.3 Å². The van der Waals surface area contributed by atoms with E-state index in [0.29, 0.717) is 18.1 Å². The summed E-state index contributed by atoms with van der Waals surface area (Å²) in [6.07, 6.45) is 1.48. The van der Waals surface area contributed by atoms with Crippen LogP contribution in [0.15, 0.2) is 41.5 Å². The van der Waals surface area contributed by atoms with Crippen molar-refractivity contribution in [2.45, 2.75) is 6.92 Å². The number of carbonyl (C=O) groups excluding carboxylic acids is 1. The van der Waals surface area contributed by atoms with Gasteiger partial charge < -0.3 is 9.47 Å². The average molecular weight is 469 g/mol. The number of halogens is 1. The maximum absolute atomic E-state index is 12.0. The van der Waals surface area contributed by atoms with Gasteiger partial charge in [-0.25, -0.2) is 5.43 Å². The van der Waals surface area contributed by atoms with Gasteiger partial charge in [0.2, 0.25) is 0 Å². The number of methoxy groups -OCH3 is 1. The summed E-state index contributed by atoms with van der Waals surface area (Å²) >= 11 is 2.13. The molecule has 0 aromatic heterocycles. The van der Waals surface area contributed by atoms with Gasteiger partial charge in [-0.1, -0.05) is 0 Å². The van der Waals surface area contributed by atoms with Crippen molar-refractivity contribution in [3.05, 3.63) is 61.2 Å². The van der Waals surface area contributed by atoms with Crippen LogP contribution in [0.4, 0.5) is 5.69 Å². The maximum atomic E-state index is 12.0. The molecular weight excluding hydrogens is 453 g/mol. The van der Waals surface area contributed by atoms with Gasteiger partial charge in [-0.2, -0.15) is 5.10 Å². The van der Waals surface area contributed by atoms with Crippen LogP contribution in [0.1, 0.15) is 22.8 Å². The van der Waals surface area contributed by atoms with E-state index in [9.17, 15) is 14.9 Å². The topological polar surface area (TPSA) is 103 Å². The Morgan fingerprint density at radius 1 is 1.35 bits per heavy atom. The smallest absolute Gasteiger partial charge is 0.271 e. The summed E-state index contributed by atoms with van der Waals surface area (Å²) in [6, 6.07) is 8.85. The molecule has 0 saturated carbocycles. The predicted molar refractivity (Wildman–Crippen MR) is 105 cm³/mol. The summed E-state index contributed by atoms with van der Waals surface area (Å²) in [4.78, 5) is 22.1. The van der Waals surface area contributed by atoms with Crippen LogP contribution >= 0.6 is 22.6 Å². The highest BCUT2D eigenvalue weighted by Crippen LogP contribution is 2.33. The third-order valence-electron chi connectivity index (χ3n) is 3.26. The molecule has 0 aliphatic carbocycles. The summed E-state index contributed by atoms with van der Waals surface area (Å²) in [5.41, 5.74) is 3.29. The zero-order valence-corrected chi connectivity index (χ0v) is 16.2. The van der Waals surface area contributed by atoms with Crippen molar-refractivity contribution >= 4 is 40.4 Å². The van der Waals surface area contributed by atoms with Gasteiger partial charge in [0.25, 0.3) is 11.6 Å². The van der Waals surface area contributed by atoms with Crippen molar-refractivity contribution in [2.75, 3.05) is 13.7 Å². The lowest BCUT2D eigenvalue weighted by Gasteiger charge is -2.12. The number of rotatable bonds is 7. The van der Waals surface area contributed by atoms with Gasteiger partial charge in [0.1, 0.15) is 0 Å². The molecule has 2 rings (SSSR count). The van der Waals surface area contributed by atoms with E-state index in [1.54, 1.807) is 13.2 Å². The van der Waals surface area contributed by atoms with Crippen molar-refractivity contribution in [3.63, 3.8) is 0 Å². The van der Waals surface area contributed by atoms with Gasteiger partial charge >= 0.3 is 0 Å². The number of nitrogens with one attached hydrogen (secondary N) is 1. The molecule has 1 N–H and O–H groups in total. The number of nitro benzene ring substituents is 1. The van der Waals surface area contributed by atoms with Crippen molar-refractivity contribution < 1.29 is 19.2 Å². The number of nitro groups is 1. The predicted octanol–water partition coefficient (Wildman–Crippen LogP) is 3.37. The van der Waals surface area contributed by atoms with Crippen molar-refractivity contribution in [1.29, 1.82) is 0 Å². The quantitative estimate of drug-likeness (QED) is 0.290. The number of hydrazone groups is 1. The summed E-state index contributed by atoms with van der Waals surface area (Å²) in [7, 11) is 1.55. The van der Waals surface area contributed by atoms with E-state index < -0.39 is 10.8 Å². The second-order valence-electron chi connectivity index (χ2n) is 4.97. The fourth-order valence-corrected chi connectivity index (χ4v) is 2.84. The lowest BCUT2D eigenvalue weighted by Crippen LogP contribution is -2.17. The zero-order valence-electron chi connectivity index (χ0n) is 14.1. The van der Waals surface area contributed by atoms with Crippen LogP contribution in [0.5, 0.6) is 11.5 Å². The molecule has 1 amide bonds. The number of amides is 1. The second-order valence-corrected chi connectivity index (χ2v) is 6.13. The highest BCUT2D eigenvalue weighted by molar-refractivity contribution is 14.1. The summed E-state index contributed by atoms with van der Waals surface area (Å²) in [6.45, 7) is 2.41. The molecule has 0 spiro atoms. The standard InChI is InChI=1S/C17H16IN3O5/c1-3-26-16-14(18)8-11(9-15(16)25-2)10-19-20-17(22)12-4-6-13(7-5-12)21(23)24/h4-10H,3H2,1-2H3,(H,20,22)/b19-10-.